The standard InChI is InChI=1S/C16H16ClNO2/c1-10-7-14(15(19)8-11(10)2)18-16(20)9-12-3-5-13(17)6-4-12/h3-8,19H,9H2,1-2H3,(H,18,20). The van der Waals surface area contributed by atoms with Gasteiger partial charge in [-0.1, -0.05) is 23.7 Å². The van der Waals surface area contributed by atoms with Gasteiger partial charge in [0.25, 0.3) is 0 Å². The van der Waals surface area contributed by atoms with Crippen LogP contribution in [-0.4, -0.2) is 11.0 Å². The van der Waals surface area contributed by atoms with Gasteiger partial charge in [0.2, 0.25) is 5.91 Å². The number of phenols is 1. The van der Waals surface area contributed by atoms with Gasteiger partial charge in [-0.05, 0) is 54.8 Å². The molecule has 1 amide bonds. The number of aromatic hydroxyl groups is 1. The number of phenolic OH excluding ortho intramolecular Hbond substituents is 1. The average Bonchev–Trinajstić information content (AvgIpc) is 2.39. The second kappa shape index (κ2) is 5.97. The van der Waals surface area contributed by atoms with E-state index in [1.165, 1.54) is 0 Å². The first kappa shape index (κ1) is 14.4. The molecule has 0 aliphatic heterocycles. The highest BCUT2D eigenvalue weighted by atomic mass is 35.5. The molecule has 2 aromatic carbocycles. The van der Waals surface area contributed by atoms with Crippen LogP contribution >= 0.6 is 11.6 Å². The van der Waals surface area contributed by atoms with E-state index in [1.807, 2.05) is 26.0 Å². The van der Waals surface area contributed by atoms with Crippen LogP contribution in [0.25, 0.3) is 0 Å². The average molecular weight is 290 g/mol. The largest absolute Gasteiger partial charge is 0.506 e. The first-order valence-corrected chi connectivity index (χ1v) is 6.68. The van der Waals surface area contributed by atoms with Crippen LogP contribution in [0.5, 0.6) is 5.75 Å². The number of halogens is 1. The zero-order chi connectivity index (χ0) is 14.7. The molecule has 0 bridgehead atoms. The fourth-order valence-corrected chi connectivity index (χ4v) is 2.01. The molecular formula is C16H16ClNO2. The third-order valence-corrected chi connectivity index (χ3v) is 3.42. The highest BCUT2D eigenvalue weighted by Crippen LogP contribution is 2.26. The Balaban J connectivity index is 2.08. The Morgan fingerprint density at radius 3 is 2.40 bits per heavy atom. The maximum absolute atomic E-state index is 12.0. The number of rotatable bonds is 3. The van der Waals surface area contributed by atoms with Crippen LogP contribution in [0.4, 0.5) is 5.69 Å². The highest BCUT2D eigenvalue weighted by molar-refractivity contribution is 6.30. The van der Waals surface area contributed by atoms with Crippen molar-refractivity contribution in [1.82, 2.24) is 0 Å². The number of amides is 1. The molecule has 0 aromatic heterocycles. The molecule has 0 spiro atoms. The Morgan fingerprint density at radius 2 is 1.75 bits per heavy atom. The number of hydrogen-bond donors (Lipinski definition) is 2. The van der Waals surface area contributed by atoms with E-state index in [4.69, 9.17) is 11.6 Å². The van der Waals surface area contributed by atoms with Crippen molar-refractivity contribution in [2.24, 2.45) is 0 Å². The zero-order valence-electron chi connectivity index (χ0n) is 11.4. The molecule has 104 valence electrons. The van der Waals surface area contributed by atoms with E-state index in [2.05, 4.69) is 5.32 Å². The van der Waals surface area contributed by atoms with Gasteiger partial charge < -0.3 is 10.4 Å². The minimum absolute atomic E-state index is 0.0811. The quantitative estimate of drug-likeness (QED) is 0.843. The molecule has 0 heterocycles. The van der Waals surface area contributed by atoms with Crippen LogP contribution < -0.4 is 5.32 Å². The number of nitrogens with one attached hydrogen (secondary N) is 1. The van der Waals surface area contributed by atoms with E-state index in [-0.39, 0.29) is 18.1 Å². The smallest absolute Gasteiger partial charge is 0.228 e. The van der Waals surface area contributed by atoms with Gasteiger partial charge >= 0.3 is 0 Å². The SMILES string of the molecule is Cc1cc(O)c(NC(=O)Cc2ccc(Cl)cc2)cc1C. The van der Waals surface area contributed by atoms with E-state index in [9.17, 15) is 9.90 Å². The van der Waals surface area contributed by atoms with Crippen LogP contribution in [0.2, 0.25) is 5.02 Å². The molecule has 0 unspecified atom stereocenters. The lowest BCUT2D eigenvalue weighted by Crippen LogP contribution is -2.14. The van der Waals surface area contributed by atoms with Gasteiger partial charge in [0.15, 0.2) is 0 Å². The van der Waals surface area contributed by atoms with Crippen molar-refractivity contribution in [2.75, 3.05) is 5.32 Å². The summed E-state index contributed by atoms with van der Waals surface area (Å²) in [5.74, 6) is -0.0940. The predicted molar refractivity (Wildman–Crippen MR) is 81.4 cm³/mol. The maximum Gasteiger partial charge on any atom is 0.228 e. The molecule has 2 N–H and O–H groups in total. The molecule has 0 saturated heterocycles. The number of aryl methyl sites for hydroxylation is 2. The number of benzene rings is 2. The fraction of sp³-hybridized carbons (Fsp3) is 0.188. The Labute approximate surface area is 123 Å². The molecule has 0 saturated carbocycles. The molecule has 0 aliphatic carbocycles. The van der Waals surface area contributed by atoms with E-state index in [1.54, 1.807) is 24.3 Å². The lowest BCUT2D eigenvalue weighted by atomic mass is 10.1. The Bertz CT molecular complexity index is 636. The van der Waals surface area contributed by atoms with Crippen molar-refractivity contribution in [3.05, 3.63) is 58.1 Å². The number of carbonyl (C=O) groups excluding carboxylic acids is 1. The molecule has 20 heavy (non-hydrogen) atoms. The summed E-state index contributed by atoms with van der Waals surface area (Å²) in [4.78, 5) is 12.0. The first-order valence-electron chi connectivity index (χ1n) is 6.30. The van der Waals surface area contributed by atoms with Crippen LogP contribution in [0.1, 0.15) is 16.7 Å². The third-order valence-electron chi connectivity index (χ3n) is 3.16. The van der Waals surface area contributed by atoms with Gasteiger partial charge in [0.1, 0.15) is 5.75 Å². The van der Waals surface area contributed by atoms with Gasteiger partial charge in [-0.3, -0.25) is 4.79 Å². The van der Waals surface area contributed by atoms with E-state index in [0.717, 1.165) is 16.7 Å². The summed E-state index contributed by atoms with van der Waals surface area (Å²) in [6.07, 6.45) is 0.240. The molecular weight excluding hydrogens is 274 g/mol. The van der Waals surface area contributed by atoms with E-state index < -0.39 is 0 Å². The minimum atomic E-state index is -0.175. The van der Waals surface area contributed by atoms with Gasteiger partial charge in [0, 0.05) is 5.02 Å². The van der Waals surface area contributed by atoms with E-state index >= 15 is 0 Å². The van der Waals surface area contributed by atoms with Crippen molar-refractivity contribution in [1.29, 1.82) is 0 Å². The molecule has 0 fully saturated rings. The third kappa shape index (κ3) is 3.52. The van der Waals surface area contributed by atoms with Crippen molar-refractivity contribution < 1.29 is 9.90 Å². The summed E-state index contributed by atoms with van der Waals surface area (Å²) in [7, 11) is 0. The van der Waals surface area contributed by atoms with Gasteiger partial charge in [-0.15, -0.1) is 0 Å². The lowest BCUT2D eigenvalue weighted by Gasteiger charge is -2.10. The summed E-state index contributed by atoms with van der Waals surface area (Å²) in [6, 6.07) is 10.5. The summed E-state index contributed by atoms with van der Waals surface area (Å²) < 4.78 is 0. The topological polar surface area (TPSA) is 49.3 Å². The second-order valence-electron chi connectivity index (χ2n) is 4.81. The fourth-order valence-electron chi connectivity index (χ4n) is 1.88. The molecule has 4 heteroatoms. The van der Waals surface area contributed by atoms with Crippen LogP contribution in [0.3, 0.4) is 0 Å². The molecule has 2 aromatic rings. The van der Waals surface area contributed by atoms with Crippen molar-refractivity contribution >= 4 is 23.2 Å². The number of anilines is 1. The second-order valence-corrected chi connectivity index (χ2v) is 5.24. The Morgan fingerprint density at radius 1 is 1.15 bits per heavy atom. The first-order chi connectivity index (χ1) is 9.45. The summed E-state index contributed by atoms with van der Waals surface area (Å²) in [6.45, 7) is 3.85. The summed E-state index contributed by atoms with van der Waals surface area (Å²) >= 11 is 5.80. The maximum atomic E-state index is 12.0. The van der Waals surface area contributed by atoms with Gasteiger partial charge in [0.05, 0.1) is 12.1 Å². The van der Waals surface area contributed by atoms with Crippen molar-refractivity contribution in [3.8, 4) is 5.75 Å². The van der Waals surface area contributed by atoms with E-state index in [0.29, 0.717) is 10.7 Å². The summed E-state index contributed by atoms with van der Waals surface area (Å²) in [5, 5.41) is 13.2. The Hall–Kier alpha value is -2.00. The van der Waals surface area contributed by atoms with Gasteiger partial charge in [-0.25, -0.2) is 0 Å². The molecule has 2 rings (SSSR count). The molecule has 3 nitrogen and oxygen atoms in total. The summed E-state index contributed by atoms with van der Waals surface area (Å²) in [5.41, 5.74) is 3.31. The van der Waals surface area contributed by atoms with Crippen LogP contribution in [-0.2, 0) is 11.2 Å². The monoisotopic (exact) mass is 289 g/mol. The molecule has 0 aliphatic rings. The molecule has 0 atom stereocenters. The van der Waals surface area contributed by atoms with Crippen molar-refractivity contribution in [3.63, 3.8) is 0 Å². The van der Waals surface area contributed by atoms with Gasteiger partial charge in [-0.2, -0.15) is 0 Å². The lowest BCUT2D eigenvalue weighted by molar-refractivity contribution is -0.115. The minimum Gasteiger partial charge on any atom is -0.506 e. The Kier molecular flexibility index (Phi) is 4.30. The number of hydrogen-bond acceptors (Lipinski definition) is 2. The highest BCUT2D eigenvalue weighted by Gasteiger charge is 2.09. The molecule has 0 radical (unpaired) electrons. The van der Waals surface area contributed by atoms with Crippen molar-refractivity contribution in [2.45, 2.75) is 20.3 Å². The van der Waals surface area contributed by atoms with Crippen LogP contribution in [0.15, 0.2) is 36.4 Å². The zero-order valence-corrected chi connectivity index (χ0v) is 12.2. The number of carbonyl (C=O) groups is 1. The van der Waals surface area contributed by atoms with Crippen LogP contribution in [0, 0.1) is 13.8 Å². The normalized spacial score (nSPS) is 10.3. The predicted octanol–water partition coefficient (Wildman–Crippen LogP) is 3.84.